The average Bonchev–Trinajstić information content (AvgIpc) is 3.97. The number of likely N-dealkylation sites (tertiary alicyclic amines) is 2. The molecule has 0 spiro atoms. The molecule has 2 saturated heterocycles. The van der Waals surface area contributed by atoms with Crippen molar-refractivity contribution < 1.29 is 38.9 Å². The summed E-state index contributed by atoms with van der Waals surface area (Å²) >= 11 is 0. The number of nitrogens with zero attached hydrogens (tertiary/aromatic N) is 4. The molecule has 16 heteroatoms. The number of hydrogen-bond acceptors (Lipinski definition) is 10. The van der Waals surface area contributed by atoms with Gasteiger partial charge >= 0.3 is 12.2 Å². The molecule has 274 valence electrons. The smallest absolute Gasteiger partial charge is 0.407 e. The number of carbonyl (C=O) groups is 4. The summed E-state index contributed by atoms with van der Waals surface area (Å²) < 4.78 is 9.21. The summed E-state index contributed by atoms with van der Waals surface area (Å²) in [5, 5.41) is 25.7. The molecule has 2 aromatic carbocycles. The van der Waals surface area contributed by atoms with Crippen LogP contribution in [0.1, 0.15) is 50.4 Å². The summed E-state index contributed by atoms with van der Waals surface area (Å²) in [6.45, 7) is 3.39. The molecule has 4 heterocycles. The van der Waals surface area contributed by atoms with E-state index in [9.17, 15) is 29.4 Å². The van der Waals surface area contributed by atoms with Crippen molar-refractivity contribution in [1.29, 1.82) is 0 Å². The van der Waals surface area contributed by atoms with Gasteiger partial charge in [0, 0.05) is 25.9 Å². The van der Waals surface area contributed by atoms with Gasteiger partial charge in [-0.3, -0.25) is 9.59 Å². The highest BCUT2D eigenvalue weighted by Crippen LogP contribution is 2.35. The molecular formula is C36H42N8O8. The Morgan fingerprint density at radius 2 is 1.02 bits per heavy atom. The minimum atomic E-state index is -0.837. The van der Waals surface area contributed by atoms with Gasteiger partial charge in [0.1, 0.15) is 23.7 Å². The first-order chi connectivity index (χ1) is 24.9. The molecule has 2 fully saturated rings. The van der Waals surface area contributed by atoms with E-state index < -0.39 is 48.6 Å². The first-order valence-corrected chi connectivity index (χ1v) is 16.9. The van der Waals surface area contributed by atoms with Crippen LogP contribution in [0, 0.1) is 0 Å². The van der Waals surface area contributed by atoms with Crippen LogP contribution in [0.25, 0.3) is 33.6 Å². The Kier molecular flexibility index (Phi) is 10.6. The first kappa shape index (κ1) is 36.1. The van der Waals surface area contributed by atoms with Crippen molar-refractivity contribution in [2.75, 3.05) is 27.3 Å². The third kappa shape index (κ3) is 7.62. The van der Waals surface area contributed by atoms with Gasteiger partial charge in [-0.2, -0.15) is 0 Å². The van der Waals surface area contributed by atoms with Crippen LogP contribution in [-0.2, 0) is 19.1 Å². The number of methoxy groups -OCH3 is 2. The van der Waals surface area contributed by atoms with E-state index in [1.165, 1.54) is 24.0 Å². The molecule has 4 amide bonds. The summed E-state index contributed by atoms with van der Waals surface area (Å²) in [5.41, 5.74) is 5.28. The molecule has 2 aromatic heterocycles. The lowest BCUT2D eigenvalue weighted by molar-refractivity contribution is -0.135. The van der Waals surface area contributed by atoms with Gasteiger partial charge in [-0.05, 0) is 36.1 Å². The van der Waals surface area contributed by atoms with E-state index in [-0.39, 0.29) is 24.9 Å². The zero-order valence-corrected chi connectivity index (χ0v) is 29.2. The molecule has 2 aliphatic heterocycles. The Bertz CT molecular complexity index is 1770. The zero-order valence-electron chi connectivity index (χ0n) is 29.2. The molecule has 2 aliphatic rings. The fourth-order valence-electron chi connectivity index (χ4n) is 6.72. The van der Waals surface area contributed by atoms with Crippen LogP contribution in [-0.4, -0.2) is 116 Å². The van der Waals surface area contributed by atoms with Crippen molar-refractivity contribution in [2.45, 2.75) is 63.1 Å². The summed E-state index contributed by atoms with van der Waals surface area (Å²) in [6.07, 6.45) is 1.16. The third-order valence-corrected chi connectivity index (χ3v) is 9.45. The topological polar surface area (TPSA) is 215 Å². The lowest BCUT2D eigenvalue weighted by Gasteiger charge is -2.26. The number of ether oxygens (including phenoxy) is 2. The highest BCUT2D eigenvalue weighted by Gasteiger charge is 2.40. The van der Waals surface area contributed by atoms with Crippen LogP contribution in [0.5, 0.6) is 0 Å². The number of imidazole rings is 2. The largest absolute Gasteiger partial charge is 0.453 e. The molecule has 0 bridgehead atoms. The van der Waals surface area contributed by atoms with E-state index in [1.807, 2.05) is 48.5 Å². The molecule has 6 atom stereocenters. The van der Waals surface area contributed by atoms with Crippen LogP contribution < -0.4 is 10.6 Å². The predicted octanol–water partition coefficient (Wildman–Crippen LogP) is 2.89. The zero-order chi connectivity index (χ0) is 37.1. The Morgan fingerprint density at radius 3 is 1.37 bits per heavy atom. The molecular weight excluding hydrogens is 672 g/mol. The minimum absolute atomic E-state index is 0.128. The van der Waals surface area contributed by atoms with Crippen molar-refractivity contribution in [3.8, 4) is 33.6 Å². The van der Waals surface area contributed by atoms with Gasteiger partial charge in [0.15, 0.2) is 0 Å². The average molecular weight is 715 g/mol. The minimum Gasteiger partial charge on any atom is -0.453 e. The van der Waals surface area contributed by atoms with Crippen molar-refractivity contribution in [2.24, 2.45) is 0 Å². The van der Waals surface area contributed by atoms with Crippen molar-refractivity contribution in [3.63, 3.8) is 0 Å². The van der Waals surface area contributed by atoms with Crippen LogP contribution in [0.15, 0.2) is 60.9 Å². The van der Waals surface area contributed by atoms with Gasteiger partial charge in [0.2, 0.25) is 11.8 Å². The molecule has 16 nitrogen and oxygen atoms in total. The van der Waals surface area contributed by atoms with Crippen LogP contribution in [0.4, 0.5) is 9.59 Å². The molecule has 0 radical (unpaired) electrons. The van der Waals surface area contributed by atoms with E-state index in [2.05, 4.69) is 40.0 Å². The number of amides is 4. The number of benzene rings is 2. The van der Waals surface area contributed by atoms with Gasteiger partial charge in [-0.15, -0.1) is 0 Å². The summed E-state index contributed by atoms with van der Waals surface area (Å²) in [6, 6.07) is 13.3. The highest BCUT2D eigenvalue weighted by atomic mass is 16.5. The SMILES string of the molecule is COC(=O)N[C@@H](C)C(=O)N1C[C@H](O)C[C@H]1c1ncc(-c2ccc(-c3ccc(-c4cnc([C@@H]5C[C@@H](O)CN5C(=O)[C@H](C)NC(=O)OC)[nH]4)cc3)cc2)[nH]1. The number of rotatable bonds is 9. The maximum atomic E-state index is 13.1. The summed E-state index contributed by atoms with van der Waals surface area (Å²) in [4.78, 5) is 68.2. The number of aromatic amines is 2. The number of aromatic nitrogens is 4. The molecule has 4 aromatic rings. The maximum Gasteiger partial charge on any atom is 0.407 e. The number of H-pyrrole nitrogens is 2. The van der Waals surface area contributed by atoms with Gasteiger partial charge in [0.25, 0.3) is 0 Å². The van der Waals surface area contributed by atoms with Gasteiger partial charge < -0.3 is 50.1 Å². The molecule has 52 heavy (non-hydrogen) atoms. The van der Waals surface area contributed by atoms with E-state index in [1.54, 1.807) is 26.2 Å². The summed E-state index contributed by atoms with van der Waals surface area (Å²) in [7, 11) is 2.45. The Labute approximate surface area is 299 Å². The number of aliphatic hydroxyl groups is 2. The van der Waals surface area contributed by atoms with Crippen LogP contribution in [0.2, 0.25) is 0 Å². The van der Waals surface area contributed by atoms with Gasteiger partial charge in [0.05, 0.1) is 62.3 Å². The Morgan fingerprint density at radius 1 is 0.673 bits per heavy atom. The molecule has 6 rings (SSSR count). The second-order valence-electron chi connectivity index (χ2n) is 13.0. The standard InChI is InChI=1S/C36H42N8O8/c1-19(39-35(49)51-3)33(47)43-17-25(45)13-29(43)31-37-15-27(41-31)23-9-5-21(6-10-23)22-7-11-24(12-8-22)28-16-38-32(42-28)30-14-26(46)18-44(30)34(48)20(2)40-36(50)52-4/h5-12,15-16,19-20,25-26,29-30,45-46H,13-14,17-18H2,1-4H3,(H,37,41)(H,38,42)(H,39,49)(H,40,50)/t19-,20-,25+,26+,29-,30-/m0/s1. The number of aliphatic hydroxyl groups excluding tert-OH is 2. The monoisotopic (exact) mass is 714 g/mol. The lowest BCUT2D eigenvalue weighted by Crippen LogP contribution is -2.47. The molecule has 0 aliphatic carbocycles. The van der Waals surface area contributed by atoms with Gasteiger partial charge in [-0.25, -0.2) is 19.6 Å². The molecule has 0 unspecified atom stereocenters. The lowest BCUT2D eigenvalue weighted by atomic mass is 10.0. The number of carbonyl (C=O) groups excluding carboxylic acids is 4. The molecule has 0 saturated carbocycles. The van der Waals surface area contributed by atoms with E-state index in [0.717, 1.165) is 33.6 Å². The second-order valence-corrected chi connectivity index (χ2v) is 13.0. The molecule has 6 N–H and O–H groups in total. The van der Waals surface area contributed by atoms with E-state index in [4.69, 9.17) is 0 Å². The number of alkyl carbamates (subject to hydrolysis) is 2. The summed E-state index contributed by atoms with van der Waals surface area (Å²) in [5.74, 6) is 0.392. The van der Waals surface area contributed by atoms with Crippen LogP contribution in [0.3, 0.4) is 0 Å². The van der Waals surface area contributed by atoms with Crippen molar-refractivity contribution in [3.05, 3.63) is 72.6 Å². The number of hydrogen-bond donors (Lipinski definition) is 6. The fraction of sp³-hybridized carbons (Fsp3) is 0.389. The van der Waals surface area contributed by atoms with Gasteiger partial charge in [-0.1, -0.05) is 48.5 Å². The first-order valence-electron chi connectivity index (χ1n) is 16.9. The van der Waals surface area contributed by atoms with Crippen molar-refractivity contribution >= 4 is 24.0 Å². The van der Waals surface area contributed by atoms with Crippen LogP contribution >= 0.6 is 0 Å². The number of β-amino-alcohol motifs (C(OH)–C–C–N with tert-alkyl or cyclic N) is 2. The van der Waals surface area contributed by atoms with Crippen molar-refractivity contribution in [1.82, 2.24) is 40.4 Å². The predicted molar refractivity (Wildman–Crippen MR) is 187 cm³/mol. The highest BCUT2D eigenvalue weighted by molar-refractivity contribution is 5.86. The van der Waals surface area contributed by atoms with E-state index in [0.29, 0.717) is 24.5 Å². The third-order valence-electron chi connectivity index (χ3n) is 9.45. The maximum absolute atomic E-state index is 13.1. The Hall–Kier alpha value is -5.74. The second kappa shape index (κ2) is 15.2. The van der Waals surface area contributed by atoms with E-state index >= 15 is 0 Å². The normalized spacial score (nSPS) is 21.0. The quantitative estimate of drug-likeness (QED) is 0.149. The number of nitrogens with one attached hydrogen (secondary N) is 4. The Balaban J connectivity index is 1.11. The fourth-order valence-corrected chi connectivity index (χ4v) is 6.72.